The zero-order chi connectivity index (χ0) is 12.3. The summed E-state index contributed by atoms with van der Waals surface area (Å²) in [5.41, 5.74) is 1.17. The first kappa shape index (κ1) is 12.3. The van der Waals surface area contributed by atoms with Crippen LogP contribution in [0.4, 0.5) is 5.82 Å². The molecule has 17 heavy (non-hydrogen) atoms. The smallest absolute Gasteiger partial charge is 0.133 e. The Morgan fingerprint density at radius 3 is 2.71 bits per heavy atom. The highest BCUT2D eigenvalue weighted by Crippen LogP contribution is 2.23. The predicted molar refractivity (Wildman–Crippen MR) is 68.0 cm³/mol. The van der Waals surface area contributed by atoms with Crippen LogP contribution in [0.15, 0.2) is 6.20 Å². The van der Waals surface area contributed by atoms with Crippen molar-refractivity contribution in [1.29, 1.82) is 0 Å². The highest BCUT2D eigenvalue weighted by atomic mass is 16.3. The lowest BCUT2D eigenvalue weighted by molar-refractivity contribution is 0.126. The zero-order valence-electron chi connectivity index (χ0n) is 10.6. The van der Waals surface area contributed by atoms with Crippen LogP contribution in [0.3, 0.4) is 0 Å². The van der Waals surface area contributed by atoms with Crippen LogP contribution in [0, 0.1) is 6.92 Å². The molecule has 0 bridgehead atoms. The molecule has 1 fully saturated rings. The number of aromatic nitrogens is 2. The van der Waals surface area contributed by atoms with E-state index in [0.717, 1.165) is 43.7 Å². The fourth-order valence-corrected chi connectivity index (χ4v) is 2.29. The van der Waals surface area contributed by atoms with Crippen molar-refractivity contribution in [3.63, 3.8) is 0 Å². The van der Waals surface area contributed by atoms with Gasteiger partial charge in [-0.15, -0.1) is 0 Å². The molecule has 1 aromatic heterocycles. The number of anilines is 1. The molecule has 0 radical (unpaired) electrons. The summed E-state index contributed by atoms with van der Waals surface area (Å²) in [4.78, 5) is 8.70. The maximum Gasteiger partial charge on any atom is 0.133 e. The van der Waals surface area contributed by atoms with Gasteiger partial charge in [-0.05, 0) is 39.0 Å². The second kappa shape index (κ2) is 5.45. The molecule has 2 N–H and O–H groups in total. The summed E-state index contributed by atoms with van der Waals surface area (Å²) in [5, 5.41) is 13.0. The van der Waals surface area contributed by atoms with E-state index in [1.165, 1.54) is 5.56 Å². The highest BCUT2D eigenvalue weighted by molar-refractivity contribution is 5.43. The third-order valence-corrected chi connectivity index (χ3v) is 3.40. The van der Waals surface area contributed by atoms with Gasteiger partial charge in [0.05, 0.1) is 6.10 Å². The maximum absolute atomic E-state index is 9.48. The SMILES string of the molecule is CCc1cnc(C)nc1NC1CCC(O)CC1. The summed E-state index contributed by atoms with van der Waals surface area (Å²) in [6, 6.07) is 0.443. The predicted octanol–water partition coefficient (Wildman–Crippen LogP) is 2.06. The molecule has 4 nitrogen and oxygen atoms in total. The minimum absolute atomic E-state index is 0.106. The van der Waals surface area contributed by atoms with Gasteiger partial charge in [-0.2, -0.15) is 0 Å². The maximum atomic E-state index is 9.48. The molecular formula is C13H21N3O. The summed E-state index contributed by atoms with van der Waals surface area (Å²) >= 11 is 0. The van der Waals surface area contributed by atoms with Crippen molar-refractivity contribution in [1.82, 2.24) is 9.97 Å². The van der Waals surface area contributed by atoms with Gasteiger partial charge in [0.2, 0.25) is 0 Å². The third-order valence-electron chi connectivity index (χ3n) is 3.40. The van der Waals surface area contributed by atoms with E-state index in [-0.39, 0.29) is 6.10 Å². The van der Waals surface area contributed by atoms with Crippen LogP contribution in [-0.4, -0.2) is 27.2 Å². The number of nitrogens with one attached hydrogen (secondary N) is 1. The first-order chi connectivity index (χ1) is 8.19. The van der Waals surface area contributed by atoms with Crippen LogP contribution in [0.2, 0.25) is 0 Å². The van der Waals surface area contributed by atoms with Crippen molar-refractivity contribution in [3.05, 3.63) is 17.6 Å². The van der Waals surface area contributed by atoms with E-state index in [4.69, 9.17) is 0 Å². The quantitative estimate of drug-likeness (QED) is 0.842. The summed E-state index contributed by atoms with van der Waals surface area (Å²) in [5.74, 6) is 1.78. The second-order valence-corrected chi connectivity index (χ2v) is 4.79. The van der Waals surface area contributed by atoms with Gasteiger partial charge in [-0.1, -0.05) is 6.92 Å². The minimum Gasteiger partial charge on any atom is -0.393 e. The Morgan fingerprint density at radius 2 is 2.06 bits per heavy atom. The van der Waals surface area contributed by atoms with Crippen LogP contribution >= 0.6 is 0 Å². The van der Waals surface area contributed by atoms with Crippen molar-refractivity contribution in [2.45, 2.75) is 58.1 Å². The third kappa shape index (κ3) is 3.16. The molecule has 4 heteroatoms. The lowest BCUT2D eigenvalue weighted by Crippen LogP contribution is -2.29. The van der Waals surface area contributed by atoms with E-state index in [2.05, 4.69) is 22.2 Å². The average molecular weight is 235 g/mol. The molecule has 0 amide bonds. The number of hydrogen-bond acceptors (Lipinski definition) is 4. The summed E-state index contributed by atoms with van der Waals surface area (Å²) in [6.07, 6.45) is 6.57. The van der Waals surface area contributed by atoms with Crippen molar-refractivity contribution < 1.29 is 5.11 Å². The van der Waals surface area contributed by atoms with Gasteiger partial charge in [-0.25, -0.2) is 9.97 Å². The van der Waals surface area contributed by atoms with Crippen molar-refractivity contribution in [2.75, 3.05) is 5.32 Å². The normalized spacial score (nSPS) is 24.6. The molecule has 1 saturated carbocycles. The summed E-state index contributed by atoms with van der Waals surface area (Å²) in [7, 11) is 0. The van der Waals surface area contributed by atoms with Crippen LogP contribution < -0.4 is 5.32 Å². The Labute approximate surface area is 102 Å². The Bertz CT molecular complexity index is 373. The molecule has 2 rings (SSSR count). The Balaban J connectivity index is 2.04. The molecule has 0 spiro atoms. The number of aryl methyl sites for hydroxylation is 2. The van der Waals surface area contributed by atoms with Crippen molar-refractivity contribution >= 4 is 5.82 Å². The molecule has 94 valence electrons. The van der Waals surface area contributed by atoms with Gasteiger partial charge in [0.15, 0.2) is 0 Å². The van der Waals surface area contributed by atoms with Gasteiger partial charge in [0.1, 0.15) is 11.6 Å². The molecule has 0 aliphatic heterocycles. The zero-order valence-corrected chi connectivity index (χ0v) is 10.6. The van der Waals surface area contributed by atoms with Crippen LogP contribution in [0.25, 0.3) is 0 Å². The van der Waals surface area contributed by atoms with Crippen molar-refractivity contribution in [3.8, 4) is 0 Å². The van der Waals surface area contributed by atoms with E-state index in [0.29, 0.717) is 6.04 Å². The Hall–Kier alpha value is -1.16. The summed E-state index contributed by atoms with van der Waals surface area (Å²) in [6.45, 7) is 4.03. The van der Waals surface area contributed by atoms with Crippen LogP contribution in [-0.2, 0) is 6.42 Å². The lowest BCUT2D eigenvalue weighted by atomic mass is 9.93. The van der Waals surface area contributed by atoms with Gasteiger partial charge < -0.3 is 10.4 Å². The second-order valence-electron chi connectivity index (χ2n) is 4.79. The molecule has 0 saturated heterocycles. The highest BCUT2D eigenvalue weighted by Gasteiger charge is 2.20. The number of aliphatic hydroxyl groups excluding tert-OH is 1. The number of aliphatic hydroxyl groups is 1. The Morgan fingerprint density at radius 1 is 1.35 bits per heavy atom. The Kier molecular flexibility index (Phi) is 3.94. The van der Waals surface area contributed by atoms with E-state index in [1.54, 1.807) is 0 Å². The average Bonchev–Trinajstić information content (AvgIpc) is 2.32. The number of rotatable bonds is 3. The van der Waals surface area contributed by atoms with Crippen LogP contribution in [0.5, 0.6) is 0 Å². The first-order valence-corrected chi connectivity index (χ1v) is 6.46. The molecule has 1 aliphatic carbocycles. The fraction of sp³-hybridized carbons (Fsp3) is 0.692. The molecule has 0 aromatic carbocycles. The first-order valence-electron chi connectivity index (χ1n) is 6.46. The number of hydrogen-bond donors (Lipinski definition) is 2. The van der Waals surface area contributed by atoms with E-state index in [9.17, 15) is 5.11 Å². The molecule has 0 unspecified atom stereocenters. The molecular weight excluding hydrogens is 214 g/mol. The molecule has 1 aliphatic rings. The van der Waals surface area contributed by atoms with Crippen LogP contribution in [0.1, 0.15) is 44.0 Å². The largest absolute Gasteiger partial charge is 0.393 e. The van der Waals surface area contributed by atoms with E-state index in [1.807, 2.05) is 13.1 Å². The molecule has 1 aromatic rings. The number of nitrogens with zero attached hydrogens (tertiary/aromatic N) is 2. The van der Waals surface area contributed by atoms with Crippen molar-refractivity contribution in [2.24, 2.45) is 0 Å². The fourth-order valence-electron chi connectivity index (χ4n) is 2.29. The van der Waals surface area contributed by atoms with Gasteiger partial charge >= 0.3 is 0 Å². The lowest BCUT2D eigenvalue weighted by Gasteiger charge is -2.27. The summed E-state index contributed by atoms with van der Waals surface area (Å²) < 4.78 is 0. The topological polar surface area (TPSA) is 58.0 Å². The standard InChI is InChI=1S/C13H21N3O/c1-3-10-8-14-9(2)15-13(10)16-11-4-6-12(17)7-5-11/h8,11-12,17H,3-7H2,1-2H3,(H,14,15,16). The van der Waals surface area contributed by atoms with Gasteiger partial charge in [0.25, 0.3) is 0 Å². The minimum atomic E-state index is -0.106. The van der Waals surface area contributed by atoms with Gasteiger partial charge in [-0.3, -0.25) is 0 Å². The monoisotopic (exact) mass is 235 g/mol. The van der Waals surface area contributed by atoms with Gasteiger partial charge in [0, 0.05) is 17.8 Å². The van der Waals surface area contributed by atoms with E-state index < -0.39 is 0 Å². The molecule has 0 atom stereocenters. The molecule has 1 heterocycles. The van der Waals surface area contributed by atoms with E-state index >= 15 is 0 Å².